The third-order valence-electron chi connectivity index (χ3n) is 3.27. The molecule has 0 atom stereocenters. The molecule has 3 rings (SSSR count). The molecule has 2 aromatic rings. The number of carbonyl (C=O) groups excluding carboxylic acids is 2. The maximum atomic E-state index is 11.8. The molecule has 3 amide bonds. The van der Waals surface area contributed by atoms with Crippen molar-refractivity contribution in [2.75, 3.05) is 11.4 Å². The molecule has 1 aliphatic rings. The van der Waals surface area contributed by atoms with Crippen LogP contribution in [0.5, 0.6) is 0 Å². The van der Waals surface area contributed by atoms with Crippen LogP contribution < -0.4 is 10.2 Å². The van der Waals surface area contributed by atoms with Crippen molar-refractivity contribution in [3.63, 3.8) is 0 Å². The van der Waals surface area contributed by atoms with E-state index in [2.05, 4.69) is 21.2 Å². The van der Waals surface area contributed by atoms with Gasteiger partial charge in [-0.25, -0.2) is 4.79 Å². The summed E-state index contributed by atoms with van der Waals surface area (Å²) in [5.41, 5.74) is 1.87. The first kappa shape index (κ1) is 12.2. The van der Waals surface area contributed by atoms with Crippen molar-refractivity contribution >= 4 is 44.5 Å². The highest BCUT2D eigenvalue weighted by molar-refractivity contribution is 9.10. The largest absolute Gasteiger partial charge is 0.350 e. The highest BCUT2D eigenvalue weighted by atomic mass is 79.9. The van der Waals surface area contributed by atoms with E-state index in [1.54, 1.807) is 4.90 Å². The van der Waals surface area contributed by atoms with Crippen molar-refractivity contribution in [2.24, 2.45) is 7.05 Å². The molecule has 0 unspecified atom stereocenters. The molecule has 1 aromatic carbocycles. The molecule has 1 N–H and O–H groups in total. The van der Waals surface area contributed by atoms with E-state index in [-0.39, 0.29) is 11.9 Å². The van der Waals surface area contributed by atoms with Gasteiger partial charge in [-0.05, 0) is 34.1 Å². The highest BCUT2D eigenvalue weighted by Gasteiger charge is 2.24. The van der Waals surface area contributed by atoms with Crippen LogP contribution in [-0.4, -0.2) is 23.1 Å². The third-order valence-corrected chi connectivity index (χ3v) is 3.88. The molecule has 6 heteroatoms. The van der Waals surface area contributed by atoms with E-state index in [0.717, 1.165) is 21.1 Å². The Balaban J connectivity index is 2.06. The molecule has 0 spiro atoms. The highest BCUT2D eigenvalue weighted by Crippen LogP contribution is 2.31. The minimum absolute atomic E-state index is 0.221. The van der Waals surface area contributed by atoms with Gasteiger partial charge in [0.1, 0.15) is 0 Å². The van der Waals surface area contributed by atoms with Gasteiger partial charge < -0.3 is 4.57 Å². The van der Waals surface area contributed by atoms with Crippen LogP contribution in [0.1, 0.15) is 6.42 Å². The van der Waals surface area contributed by atoms with Gasteiger partial charge in [0.15, 0.2) is 0 Å². The van der Waals surface area contributed by atoms with Gasteiger partial charge in [-0.15, -0.1) is 0 Å². The van der Waals surface area contributed by atoms with Gasteiger partial charge in [-0.2, -0.15) is 0 Å². The molecule has 1 saturated heterocycles. The van der Waals surface area contributed by atoms with Gasteiger partial charge in [-0.3, -0.25) is 15.0 Å². The second-order valence-electron chi connectivity index (χ2n) is 4.55. The topological polar surface area (TPSA) is 54.3 Å². The molecular weight excluding hydrogens is 310 g/mol. The average molecular weight is 322 g/mol. The van der Waals surface area contributed by atoms with Crippen LogP contribution in [0.3, 0.4) is 0 Å². The summed E-state index contributed by atoms with van der Waals surface area (Å²) in [7, 11) is 1.97. The lowest BCUT2D eigenvalue weighted by atomic mass is 10.2. The van der Waals surface area contributed by atoms with Crippen LogP contribution in [0.2, 0.25) is 0 Å². The lowest BCUT2D eigenvalue weighted by Crippen LogP contribution is -2.49. The number of halogens is 1. The molecule has 1 aliphatic heterocycles. The van der Waals surface area contributed by atoms with Crippen LogP contribution >= 0.6 is 15.9 Å². The summed E-state index contributed by atoms with van der Waals surface area (Å²) >= 11 is 3.53. The maximum absolute atomic E-state index is 11.8. The number of anilines is 1. The SMILES string of the molecule is Cn1ccc2cc(N3CCC(=O)NC3=O)cc(Br)c21. The first-order chi connectivity index (χ1) is 9.06. The van der Waals surface area contributed by atoms with Crippen LogP contribution in [0, 0.1) is 0 Å². The number of carbonyl (C=O) groups is 2. The number of fused-ring (bicyclic) bond motifs is 1. The van der Waals surface area contributed by atoms with Crippen LogP contribution in [0.15, 0.2) is 28.9 Å². The summed E-state index contributed by atoms with van der Waals surface area (Å²) in [6.07, 6.45) is 2.30. The summed E-state index contributed by atoms with van der Waals surface area (Å²) in [5, 5.41) is 3.38. The number of benzene rings is 1. The summed E-state index contributed by atoms with van der Waals surface area (Å²) < 4.78 is 2.94. The first-order valence-electron chi connectivity index (χ1n) is 5.92. The lowest BCUT2D eigenvalue weighted by Gasteiger charge is -2.26. The summed E-state index contributed by atoms with van der Waals surface area (Å²) in [6.45, 7) is 0.412. The van der Waals surface area contributed by atoms with Crippen molar-refractivity contribution in [3.05, 3.63) is 28.9 Å². The molecule has 0 bridgehead atoms. The van der Waals surface area contributed by atoms with Crippen LogP contribution in [-0.2, 0) is 11.8 Å². The van der Waals surface area contributed by atoms with E-state index in [1.165, 1.54) is 0 Å². The Morgan fingerprint density at radius 3 is 2.84 bits per heavy atom. The fourth-order valence-corrected chi connectivity index (χ4v) is 3.08. The van der Waals surface area contributed by atoms with E-state index in [4.69, 9.17) is 0 Å². The molecule has 2 heterocycles. The number of amides is 3. The molecule has 0 radical (unpaired) electrons. The van der Waals surface area contributed by atoms with E-state index >= 15 is 0 Å². The van der Waals surface area contributed by atoms with E-state index in [1.807, 2.05) is 36.0 Å². The van der Waals surface area contributed by atoms with Crippen molar-refractivity contribution in [3.8, 4) is 0 Å². The second kappa shape index (κ2) is 4.38. The Kier molecular flexibility index (Phi) is 2.82. The normalized spacial score (nSPS) is 16.0. The number of hydrogen-bond acceptors (Lipinski definition) is 2. The molecule has 19 heavy (non-hydrogen) atoms. The number of aryl methyl sites for hydroxylation is 1. The molecule has 1 aromatic heterocycles. The minimum atomic E-state index is -0.363. The van der Waals surface area contributed by atoms with Gasteiger partial charge in [0, 0.05) is 41.8 Å². The van der Waals surface area contributed by atoms with Crippen molar-refractivity contribution < 1.29 is 9.59 Å². The van der Waals surface area contributed by atoms with E-state index in [9.17, 15) is 9.59 Å². The van der Waals surface area contributed by atoms with Gasteiger partial charge in [0.25, 0.3) is 0 Å². The summed E-state index contributed by atoms with van der Waals surface area (Å²) in [4.78, 5) is 24.6. The van der Waals surface area contributed by atoms with Gasteiger partial charge in [0.2, 0.25) is 5.91 Å². The van der Waals surface area contributed by atoms with E-state index < -0.39 is 0 Å². The molecule has 0 aliphatic carbocycles. The Labute approximate surface area is 118 Å². The predicted molar refractivity (Wildman–Crippen MR) is 76.1 cm³/mol. The number of aromatic nitrogens is 1. The van der Waals surface area contributed by atoms with Crippen LogP contribution in [0.4, 0.5) is 10.5 Å². The molecule has 5 nitrogen and oxygen atoms in total. The Hall–Kier alpha value is -1.82. The summed E-state index contributed by atoms with van der Waals surface area (Å²) in [6, 6.07) is 5.49. The summed E-state index contributed by atoms with van der Waals surface area (Å²) in [5.74, 6) is -0.221. The molecule has 98 valence electrons. The standard InChI is InChI=1S/C13H12BrN3O2/c1-16-4-2-8-6-9(7-10(14)12(8)16)17-5-3-11(18)15-13(17)19/h2,4,6-7H,3,5H2,1H3,(H,15,18,19). The molecule has 1 fully saturated rings. The number of nitrogens with zero attached hydrogens (tertiary/aromatic N) is 2. The number of urea groups is 1. The number of nitrogens with one attached hydrogen (secondary N) is 1. The average Bonchev–Trinajstić information content (AvgIpc) is 2.71. The van der Waals surface area contributed by atoms with Crippen LogP contribution in [0.25, 0.3) is 10.9 Å². The number of hydrogen-bond donors (Lipinski definition) is 1. The quantitative estimate of drug-likeness (QED) is 0.876. The van der Waals surface area contributed by atoms with Gasteiger partial charge in [0.05, 0.1) is 5.52 Å². The smallest absolute Gasteiger partial charge is 0.328 e. The van der Waals surface area contributed by atoms with Crippen molar-refractivity contribution in [1.29, 1.82) is 0 Å². The fraction of sp³-hybridized carbons (Fsp3) is 0.231. The minimum Gasteiger partial charge on any atom is -0.350 e. The van der Waals surface area contributed by atoms with Gasteiger partial charge in [-0.1, -0.05) is 0 Å². The van der Waals surface area contributed by atoms with Crippen molar-refractivity contribution in [1.82, 2.24) is 9.88 Å². The fourth-order valence-electron chi connectivity index (χ4n) is 2.34. The lowest BCUT2D eigenvalue weighted by molar-refractivity contribution is -0.120. The number of imide groups is 1. The molecule has 0 saturated carbocycles. The zero-order valence-corrected chi connectivity index (χ0v) is 11.9. The monoisotopic (exact) mass is 321 g/mol. The predicted octanol–water partition coefficient (Wildman–Crippen LogP) is 2.39. The third kappa shape index (κ3) is 2.02. The zero-order chi connectivity index (χ0) is 13.6. The second-order valence-corrected chi connectivity index (χ2v) is 5.40. The number of rotatable bonds is 1. The van der Waals surface area contributed by atoms with E-state index in [0.29, 0.717) is 13.0 Å². The Morgan fingerprint density at radius 2 is 2.11 bits per heavy atom. The zero-order valence-electron chi connectivity index (χ0n) is 10.3. The Morgan fingerprint density at radius 1 is 1.32 bits per heavy atom. The van der Waals surface area contributed by atoms with Crippen molar-refractivity contribution in [2.45, 2.75) is 6.42 Å². The maximum Gasteiger partial charge on any atom is 0.328 e. The Bertz CT molecular complexity index is 692. The first-order valence-corrected chi connectivity index (χ1v) is 6.71. The molecular formula is C13H12BrN3O2. The van der Waals surface area contributed by atoms with Gasteiger partial charge >= 0.3 is 6.03 Å².